The predicted molar refractivity (Wildman–Crippen MR) is 95.5 cm³/mol. The number of aromatic nitrogens is 2. The second kappa shape index (κ2) is 8.43. The number of anilines is 2. The molecular weight excluding hydrogens is 341 g/mol. The zero-order valence-corrected chi connectivity index (χ0v) is 14.4. The van der Waals surface area contributed by atoms with E-state index in [0.717, 1.165) is 6.20 Å². The number of nitrogens with zero attached hydrogens (tertiary/aromatic N) is 4. The van der Waals surface area contributed by atoms with Gasteiger partial charge < -0.3 is 19.5 Å². The Morgan fingerprint density at radius 3 is 3.00 bits per heavy atom. The molecule has 2 N–H and O–H groups in total. The maximum atomic E-state index is 14.0. The molecule has 9 heteroatoms. The molecule has 8 nitrogen and oxygen atoms in total. The van der Waals surface area contributed by atoms with Crippen LogP contribution in [0.3, 0.4) is 0 Å². The lowest BCUT2D eigenvalue weighted by Crippen LogP contribution is -2.37. The molecule has 2 aromatic rings. The molecule has 0 saturated carbocycles. The van der Waals surface area contributed by atoms with Gasteiger partial charge >= 0.3 is 0 Å². The summed E-state index contributed by atoms with van der Waals surface area (Å²) in [4.78, 5) is 9.88. The normalized spacial score (nSPS) is 14.6. The monoisotopic (exact) mass is 361 g/mol. The summed E-state index contributed by atoms with van der Waals surface area (Å²) in [6.45, 7) is 4.50. The standard InChI is InChI=1S/C17H20FN5O3/c1-2-26-15-9-12(3-4-14(15)24)10-20-22-17-19-11-13(18)16(21-17)23-5-7-25-8-6-23/h3-4,9-11,24H,2,5-8H2,1H3,(H,19,21,22). The summed E-state index contributed by atoms with van der Waals surface area (Å²) in [7, 11) is 0. The molecule has 2 heterocycles. The van der Waals surface area contributed by atoms with Crippen molar-refractivity contribution in [3.05, 3.63) is 35.8 Å². The fourth-order valence-electron chi connectivity index (χ4n) is 2.46. The molecule has 1 fully saturated rings. The molecule has 1 aromatic heterocycles. The van der Waals surface area contributed by atoms with Crippen LogP contribution in [0.1, 0.15) is 12.5 Å². The molecule has 0 aliphatic carbocycles. The zero-order chi connectivity index (χ0) is 18.4. The van der Waals surface area contributed by atoms with Crippen molar-refractivity contribution in [2.75, 3.05) is 43.2 Å². The SMILES string of the molecule is CCOc1cc(C=NNc2ncc(F)c(N3CCOCC3)n2)ccc1O. The lowest BCUT2D eigenvalue weighted by molar-refractivity contribution is 0.122. The summed E-state index contributed by atoms with van der Waals surface area (Å²) >= 11 is 0. The third-order valence-corrected chi connectivity index (χ3v) is 3.70. The van der Waals surface area contributed by atoms with Crippen LogP contribution in [0.5, 0.6) is 11.5 Å². The van der Waals surface area contributed by atoms with E-state index in [2.05, 4.69) is 20.5 Å². The maximum absolute atomic E-state index is 14.0. The number of hydrogen-bond donors (Lipinski definition) is 2. The van der Waals surface area contributed by atoms with Crippen LogP contribution in [0, 0.1) is 5.82 Å². The summed E-state index contributed by atoms with van der Waals surface area (Å²) in [5, 5.41) is 13.8. The molecule has 26 heavy (non-hydrogen) atoms. The van der Waals surface area contributed by atoms with Crippen molar-refractivity contribution in [2.45, 2.75) is 6.92 Å². The van der Waals surface area contributed by atoms with Crippen LogP contribution in [-0.2, 0) is 4.74 Å². The highest BCUT2D eigenvalue weighted by atomic mass is 19.1. The number of phenolic OH excluding ortho intramolecular Hbond substituents is 1. The number of rotatable bonds is 6. The van der Waals surface area contributed by atoms with Gasteiger partial charge in [-0.2, -0.15) is 10.1 Å². The predicted octanol–water partition coefficient (Wildman–Crippen LogP) is 2.00. The van der Waals surface area contributed by atoms with E-state index in [-0.39, 0.29) is 17.5 Å². The Hall–Kier alpha value is -2.94. The third kappa shape index (κ3) is 4.37. The smallest absolute Gasteiger partial charge is 0.245 e. The van der Waals surface area contributed by atoms with E-state index in [1.807, 2.05) is 11.8 Å². The van der Waals surface area contributed by atoms with Crippen LogP contribution in [-0.4, -0.2) is 54.2 Å². The number of halogens is 1. The summed E-state index contributed by atoms with van der Waals surface area (Å²) < 4.78 is 24.6. The first-order valence-electron chi connectivity index (χ1n) is 8.27. The number of nitrogens with one attached hydrogen (secondary N) is 1. The van der Waals surface area contributed by atoms with Gasteiger partial charge in [0.15, 0.2) is 23.1 Å². The van der Waals surface area contributed by atoms with E-state index in [4.69, 9.17) is 9.47 Å². The topological polar surface area (TPSA) is 92.1 Å². The van der Waals surface area contributed by atoms with Gasteiger partial charge in [-0.25, -0.2) is 14.8 Å². The quantitative estimate of drug-likeness (QED) is 0.600. The van der Waals surface area contributed by atoms with Gasteiger partial charge in [0.05, 0.1) is 32.2 Å². The number of hydrazone groups is 1. The van der Waals surface area contributed by atoms with Gasteiger partial charge in [0.1, 0.15) is 0 Å². The minimum atomic E-state index is -0.485. The van der Waals surface area contributed by atoms with Crippen LogP contribution in [0.25, 0.3) is 0 Å². The van der Waals surface area contributed by atoms with Crippen molar-refractivity contribution in [1.29, 1.82) is 0 Å². The van der Waals surface area contributed by atoms with Gasteiger partial charge in [0.25, 0.3) is 0 Å². The molecule has 0 amide bonds. The van der Waals surface area contributed by atoms with Crippen LogP contribution < -0.4 is 15.1 Å². The third-order valence-electron chi connectivity index (χ3n) is 3.70. The molecular formula is C17H20FN5O3. The van der Waals surface area contributed by atoms with E-state index in [1.54, 1.807) is 12.1 Å². The van der Waals surface area contributed by atoms with Crippen LogP contribution in [0.4, 0.5) is 16.2 Å². The van der Waals surface area contributed by atoms with Crippen molar-refractivity contribution in [1.82, 2.24) is 9.97 Å². The van der Waals surface area contributed by atoms with Gasteiger partial charge in [0, 0.05) is 13.1 Å². The fraction of sp³-hybridized carbons (Fsp3) is 0.353. The van der Waals surface area contributed by atoms with Gasteiger partial charge in [-0.15, -0.1) is 0 Å². The van der Waals surface area contributed by atoms with Crippen molar-refractivity contribution in [3.63, 3.8) is 0 Å². The highest BCUT2D eigenvalue weighted by Gasteiger charge is 2.17. The van der Waals surface area contributed by atoms with E-state index >= 15 is 0 Å². The first-order chi connectivity index (χ1) is 12.7. The molecule has 138 valence electrons. The number of hydrogen-bond acceptors (Lipinski definition) is 8. The summed E-state index contributed by atoms with van der Waals surface area (Å²) in [5.41, 5.74) is 3.40. The molecule has 1 aromatic carbocycles. The van der Waals surface area contributed by atoms with E-state index in [0.29, 0.717) is 44.2 Å². The number of benzene rings is 1. The van der Waals surface area contributed by atoms with Crippen LogP contribution in [0.2, 0.25) is 0 Å². The molecule has 1 aliphatic rings. The lowest BCUT2D eigenvalue weighted by atomic mass is 10.2. The highest BCUT2D eigenvalue weighted by molar-refractivity contribution is 5.81. The van der Waals surface area contributed by atoms with E-state index < -0.39 is 5.82 Å². The van der Waals surface area contributed by atoms with Crippen LogP contribution in [0.15, 0.2) is 29.5 Å². The number of ether oxygens (including phenoxy) is 2. The van der Waals surface area contributed by atoms with Gasteiger partial charge in [-0.3, -0.25) is 0 Å². The average Bonchev–Trinajstić information content (AvgIpc) is 2.66. The molecule has 0 radical (unpaired) electrons. The number of morpholine rings is 1. The highest BCUT2D eigenvalue weighted by Crippen LogP contribution is 2.26. The molecule has 0 spiro atoms. The Morgan fingerprint density at radius 1 is 1.42 bits per heavy atom. The van der Waals surface area contributed by atoms with Gasteiger partial charge in [-0.05, 0) is 30.7 Å². The van der Waals surface area contributed by atoms with Crippen molar-refractivity contribution < 1.29 is 19.0 Å². The first kappa shape index (κ1) is 17.9. The Kier molecular flexibility index (Phi) is 5.80. The van der Waals surface area contributed by atoms with Crippen LogP contribution >= 0.6 is 0 Å². The molecule has 3 rings (SSSR count). The molecule has 0 atom stereocenters. The lowest BCUT2D eigenvalue weighted by Gasteiger charge is -2.27. The molecule has 0 bridgehead atoms. The summed E-state index contributed by atoms with van der Waals surface area (Å²) in [6, 6.07) is 4.87. The summed E-state index contributed by atoms with van der Waals surface area (Å²) in [6.07, 6.45) is 2.65. The van der Waals surface area contributed by atoms with Gasteiger partial charge in [0.2, 0.25) is 5.95 Å². The minimum Gasteiger partial charge on any atom is -0.504 e. The van der Waals surface area contributed by atoms with E-state index in [9.17, 15) is 9.50 Å². The Labute approximate surface area is 150 Å². The summed E-state index contributed by atoms with van der Waals surface area (Å²) in [5.74, 6) is 0.372. The zero-order valence-electron chi connectivity index (χ0n) is 14.4. The Bertz CT molecular complexity index is 781. The molecule has 1 aliphatic heterocycles. The maximum Gasteiger partial charge on any atom is 0.245 e. The largest absolute Gasteiger partial charge is 0.504 e. The number of phenols is 1. The van der Waals surface area contributed by atoms with Crippen molar-refractivity contribution >= 4 is 18.0 Å². The second-order valence-electron chi connectivity index (χ2n) is 5.49. The number of aromatic hydroxyl groups is 1. The van der Waals surface area contributed by atoms with Crippen molar-refractivity contribution in [2.24, 2.45) is 5.10 Å². The van der Waals surface area contributed by atoms with E-state index in [1.165, 1.54) is 12.3 Å². The fourth-order valence-corrected chi connectivity index (χ4v) is 2.46. The first-order valence-corrected chi connectivity index (χ1v) is 8.27. The Balaban J connectivity index is 1.69. The minimum absolute atomic E-state index is 0.0639. The van der Waals surface area contributed by atoms with Gasteiger partial charge in [-0.1, -0.05) is 0 Å². The average molecular weight is 361 g/mol. The van der Waals surface area contributed by atoms with Crippen molar-refractivity contribution in [3.8, 4) is 11.5 Å². The second-order valence-corrected chi connectivity index (χ2v) is 5.49. The molecule has 0 unspecified atom stereocenters. The molecule has 1 saturated heterocycles. The Morgan fingerprint density at radius 2 is 2.23 bits per heavy atom.